The van der Waals surface area contributed by atoms with Gasteiger partial charge in [0.15, 0.2) is 0 Å². The average Bonchev–Trinajstić information content (AvgIpc) is 2.74. The standard InChI is InChI=1S/C20H40N6O5S/c1-12(2)16(26-17(27)13(23)7-3-5-9-21)19(29)25-15(11-32)18(28)24-14(20(30)31)8-4-6-10-22/h12-16,32H,3-11,21-23H2,1-2H3,(H,24,28)(H,25,29)(H,26,27)(H,30,31). The number of thiol groups is 1. The molecule has 32 heavy (non-hydrogen) atoms. The molecular weight excluding hydrogens is 436 g/mol. The molecule has 0 fully saturated rings. The maximum atomic E-state index is 12.8. The Hall–Kier alpha value is -1.89. The fourth-order valence-electron chi connectivity index (χ4n) is 2.91. The van der Waals surface area contributed by atoms with Gasteiger partial charge in [-0.05, 0) is 51.1 Å². The van der Waals surface area contributed by atoms with E-state index in [0.29, 0.717) is 38.8 Å². The summed E-state index contributed by atoms with van der Waals surface area (Å²) < 4.78 is 0. The van der Waals surface area contributed by atoms with Crippen molar-refractivity contribution in [3.8, 4) is 0 Å². The van der Waals surface area contributed by atoms with Crippen molar-refractivity contribution in [2.45, 2.75) is 76.5 Å². The number of nitrogens with one attached hydrogen (secondary N) is 3. The molecule has 0 aromatic heterocycles. The molecule has 0 spiro atoms. The van der Waals surface area contributed by atoms with Gasteiger partial charge in [0.05, 0.1) is 6.04 Å². The second-order valence-corrected chi connectivity index (χ2v) is 8.41. The topological polar surface area (TPSA) is 203 Å². The van der Waals surface area contributed by atoms with Gasteiger partial charge in [0.2, 0.25) is 17.7 Å². The fraction of sp³-hybridized carbons (Fsp3) is 0.800. The Balaban J connectivity index is 5.03. The van der Waals surface area contributed by atoms with Crippen molar-refractivity contribution in [1.29, 1.82) is 0 Å². The van der Waals surface area contributed by atoms with Crippen LogP contribution in [0.4, 0.5) is 0 Å². The summed E-state index contributed by atoms with van der Waals surface area (Å²) in [6.45, 7) is 4.43. The molecule has 0 aliphatic heterocycles. The molecule has 0 bridgehead atoms. The van der Waals surface area contributed by atoms with Crippen molar-refractivity contribution in [1.82, 2.24) is 16.0 Å². The van der Waals surface area contributed by atoms with E-state index in [1.807, 2.05) is 0 Å². The zero-order valence-corrected chi connectivity index (χ0v) is 19.9. The van der Waals surface area contributed by atoms with Crippen molar-refractivity contribution in [3.05, 3.63) is 0 Å². The number of hydrogen-bond acceptors (Lipinski definition) is 8. The molecule has 10 N–H and O–H groups in total. The van der Waals surface area contributed by atoms with Gasteiger partial charge >= 0.3 is 5.97 Å². The summed E-state index contributed by atoms with van der Waals surface area (Å²) in [5, 5.41) is 16.9. The number of carboxylic acid groups (broad SMARTS) is 1. The molecule has 0 saturated heterocycles. The number of amides is 3. The normalized spacial score (nSPS) is 14.8. The zero-order valence-electron chi connectivity index (χ0n) is 19.0. The third kappa shape index (κ3) is 11.7. The van der Waals surface area contributed by atoms with Crippen molar-refractivity contribution in [3.63, 3.8) is 0 Å². The molecular formula is C20H40N6O5S. The smallest absolute Gasteiger partial charge is 0.326 e. The first-order chi connectivity index (χ1) is 15.1. The minimum Gasteiger partial charge on any atom is -0.480 e. The van der Waals surface area contributed by atoms with Crippen LogP contribution in [0.25, 0.3) is 0 Å². The van der Waals surface area contributed by atoms with Crippen LogP contribution in [0.3, 0.4) is 0 Å². The molecule has 0 saturated carbocycles. The maximum absolute atomic E-state index is 12.8. The SMILES string of the molecule is CC(C)C(NC(=O)C(N)CCCCN)C(=O)NC(CS)C(=O)NC(CCCCN)C(=O)O. The van der Waals surface area contributed by atoms with E-state index in [2.05, 4.69) is 28.6 Å². The molecule has 186 valence electrons. The van der Waals surface area contributed by atoms with E-state index in [-0.39, 0.29) is 18.1 Å². The first-order valence-electron chi connectivity index (χ1n) is 11.0. The van der Waals surface area contributed by atoms with Gasteiger partial charge in [0.1, 0.15) is 18.1 Å². The van der Waals surface area contributed by atoms with Crippen LogP contribution in [0.5, 0.6) is 0 Å². The van der Waals surface area contributed by atoms with Gasteiger partial charge in [-0.15, -0.1) is 0 Å². The Kier molecular flexibility index (Phi) is 15.7. The third-order valence-corrected chi connectivity index (χ3v) is 5.30. The lowest BCUT2D eigenvalue weighted by atomic mass is 10.0. The van der Waals surface area contributed by atoms with Gasteiger partial charge in [-0.2, -0.15) is 12.6 Å². The second kappa shape index (κ2) is 16.7. The van der Waals surface area contributed by atoms with E-state index >= 15 is 0 Å². The summed E-state index contributed by atoms with van der Waals surface area (Å²) in [6, 6.07) is -3.86. The predicted molar refractivity (Wildman–Crippen MR) is 126 cm³/mol. The quantitative estimate of drug-likeness (QED) is 0.0933. The van der Waals surface area contributed by atoms with Gasteiger partial charge in [0.25, 0.3) is 0 Å². The lowest BCUT2D eigenvalue weighted by Gasteiger charge is -2.26. The number of aliphatic carboxylic acids is 1. The van der Waals surface area contributed by atoms with E-state index in [9.17, 15) is 24.3 Å². The molecule has 4 unspecified atom stereocenters. The molecule has 0 aliphatic carbocycles. The van der Waals surface area contributed by atoms with Crippen molar-refractivity contribution in [2.24, 2.45) is 23.1 Å². The highest BCUT2D eigenvalue weighted by Gasteiger charge is 2.31. The Morgan fingerprint density at radius 3 is 1.81 bits per heavy atom. The van der Waals surface area contributed by atoms with E-state index in [0.717, 1.165) is 6.42 Å². The van der Waals surface area contributed by atoms with Crippen LogP contribution in [-0.4, -0.2) is 71.8 Å². The molecule has 0 radical (unpaired) electrons. The first kappa shape index (κ1) is 30.1. The van der Waals surface area contributed by atoms with Crippen LogP contribution in [0.1, 0.15) is 52.4 Å². The highest BCUT2D eigenvalue weighted by atomic mass is 32.1. The van der Waals surface area contributed by atoms with Crippen molar-refractivity contribution < 1.29 is 24.3 Å². The van der Waals surface area contributed by atoms with Crippen LogP contribution in [-0.2, 0) is 19.2 Å². The number of carboxylic acids is 1. The number of carbonyl (C=O) groups excluding carboxylic acids is 3. The van der Waals surface area contributed by atoms with Gasteiger partial charge in [-0.3, -0.25) is 14.4 Å². The molecule has 0 heterocycles. The molecule has 11 nitrogen and oxygen atoms in total. The summed E-state index contributed by atoms with van der Waals surface area (Å²) in [5.74, 6) is -3.21. The average molecular weight is 477 g/mol. The lowest BCUT2D eigenvalue weighted by Crippen LogP contribution is -2.58. The highest BCUT2D eigenvalue weighted by Crippen LogP contribution is 2.06. The Morgan fingerprint density at radius 1 is 0.812 bits per heavy atom. The van der Waals surface area contributed by atoms with Crippen LogP contribution < -0.4 is 33.2 Å². The van der Waals surface area contributed by atoms with Gasteiger partial charge in [-0.25, -0.2) is 4.79 Å². The summed E-state index contributed by atoms with van der Waals surface area (Å²) in [6.07, 6.45) is 3.28. The first-order valence-corrected chi connectivity index (χ1v) is 11.6. The minimum atomic E-state index is -1.17. The largest absolute Gasteiger partial charge is 0.480 e. The summed E-state index contributed by atoms with van der Waals surface area (Å²) in [5.41, 5.74) is 16.7. The summed E-state index contributed by atoms with van der Waals surface area (Å²) >= 11 is 4.10. The Morgan fingerprint density at radius 2 is 1.34 bits per heavy atom. The Labute approximate surface area is 195 Å². The number of carbonyl (C=O) groups is 4. The number of nitrogens with two attached hydrogens (primary N) is 3. The lowest BCUT2D eigenvalue weighted by molar-refractivity contribution is -0.142. The molecule has 0 aromatic rings. The van der Waals surface area contributed by atoms with Crippen LogP contribution in [0, 0.1) is 5.92 Å². The highest BCUT2D eigenvalue weighted by molar-refractivity contribution is 7.80. The molecule has 3 amide bonds. The zero-order chi connectivity index (χ0) is 24.7. The number of unbranched alkanes of at least 4 members (excludes halogenated alkanes) is 2. The van der Waals surface area contributed by atoms with Crippen molar-refractivity contribution in [2.75, 3.05) is 18.8 Å². The summed E-state index contributed by atoms with van der Waals surface area (Å²) in [4.78, 5) is 49.1. The van der Waals surface area contributed by atoms with E-state index in [1.54, 1.807) is 13.8 Å². The van der Waals surface area contributed by atoms with Crippen LogP contribution in [0.2, 0.25) is 0 Å². The van der Waals surface area contributed by atoms with E-state index in [1.165, 1.54) is 0 Å². The van der Waals surface area contributed by atoms with Gasteiger partial charge in [0, 0.05) is 5.75 Å². The van der Waals surface area contributed by atoms with Gasteiger partial charge < -0.3 is 38.3 Å². The molecule has 12 heteroatoms. The second-order valence-electron chi connectivity index (χ2n) is 8.05. The number of rotatable bonds is 17. The molecule has 0 aliphatic rings. The van der Waals surface area contributed by atoms with E-state index < -0.39 is 47.9 Å². The van der Waals surface area contributed by atoms with Crippen molar-refractivity contribution >= 4 is 36.3 Å². The van der Waals surface area contributed by atoms with E-state index in [4.69, 9.17) is 17.2 Å². The molecule has 4 atom stereocenters. The number of hydrogen-bond donors (Lipinski definition) is 8. The summed E-state index contributed by atoms with van der Waals surface area (Å²) in [7, 11) is 0. The fourth-order valence-corrected chi connectivity index (χ4v) is 3.17. The third-order valence-electron chi connectivity index (χ3n) is 4.93. The van der Waals surface area contributed by atoms with Crippen LogP contribution >= 0.6 is 12.6 Å². The predicted octanol–water partition coefficient (Wildman–Crippen LogP) is -1.30. The monoisotopic (exact) mass is 476 g/mol. The Bertz CT molecular complexity index is 607. The molecule has 0 rings (SSSR count). The van der Waals surface area contributed by atoms with Gasteiger partial charge in [-0.1, -0.05) is 20.3 Å². The maximum Gasteiger partial charge on any atom is 0.326 e. The van der Waals surface area contributed by atoms with Crippen LogP contribution in [0.15, 0.2) is 0 Å². The molecule has 0 aromatic carbocycles. The minimum absolute atomic E-state index is 0.0515.